The van der Waals surface area contributed by atoms with Gasteiger partial charge in [-0.2, -0.15) is 0 Å². The van der Waals surface area contributed by atoms with Crippen LogP contribution in [0.25, 0.3) is 11.1 Å². The van der Waals surface area contributed by atoms with Gasteiger partial charge in [0.25, 0.3) is 0 Å². The van der Waals surface area contributed by atoms with Gasteiger partial charge < -0.3 is 24.8 Å². The van der Waals surface area contributed by atoms with Crippen LogP contribution in [0.5, 0.6) is 0 Å². The van der Waals surface area contributed by atoms with Gasteiger partial charge >= 0.3 is 12.1 Å². The molecule has 0 aromatic heterocycles. The number of carboxylic acids is 1. The highest BCUT2D eigenvalue weighted by Crippen LogP contribution is 2.44. The number of fused-ring (bicyclic) bond motifs is 3. The molecule has 1 aliphatic carbocycles. The molecule has 0 spiro atoms. The van der Waals surface area contributed by atoms with Crippen LogP contribution in [-0.4, -0.2) is 66.4 Å². The highest BCUT2D eigenvalue weighted by molar-refractivity contribution is 5.86. The Morgan fingerprint density at radius 1 is 1.11 bits per heavy atom. The molecule has 2 aromatic rings. The van der Waals surface area contributed by atoms with Crippen LogP contribution in [0, 0.1) is 5.41 Å². The van der Waals surface area contributed by atoms with Crippen molar-refractivity contribution in [3.63, 3.8) is 0 Å². The van der Waals surface area contributed by atoms with Crippen molar-refractivity contribution in [1.82, 2.24) is 10.2 Å². The summed E-state index contributed by atoms with van der Waals surface area (Å²) in [6.45, 7) is 2.84. The maximum atomic E-state index is 13.5. The van der Waals surface area contributed by atoms with E-state index in [2.05, 4.69) is 29.6 Å². The van der Waals surface area contributed by atoms with Gasteiger partial charge in [0.1, 0.15) is 6.61 Å². The Hall–Kier alpha value is -3.39. The van der Waals surface area contributed by atoms with Gasteiger partial charge in [0.05, 0.1) is 31.1 Å². The molecule has 0 saturated carbocycles. The van der Waals surface area contributed by atoms with Crippen molar-refractivity contribution >= 4 is 18.0 Å². The molecular formula is C27H30N2O6. The molecule has 2 amide bonds. The first-order valence-corrected chi connectivity index (χ1v) is 12.1. The topological polar surface area (TPSA) is 105 Å². The van der Waals surface area contributed by atoms with E-state index in [1.165, 1.54) is 0 Å². The minimum absolute atomic E-state index is 0.0534. The van der Waals surface area contributed by atoms with Gasteiger partial charge in [-0.25, -0.2) is 4.79 Å². The summed E-state index contributed by atoms with van der Waals surface area (Å²) in [5.74, 6) is -1.15. The first kappa shape index (κ1) is 23.4. The van der Waals surface area contributed by atoms with Crippen LogP contribution < -0.4 is 5.32 Å². The predicted molar refractivity (Wildman–Crippen MR) is 128 cm³/mol. The Kier molecular flexibility index (Phi) is 6.23. The number of carboxylic acid groups (broad SMARTS) is 1. The van der Waals surface area contributed by atoms with Crippen molar-refractivity contribution in [3.05, 3.63) is 59.7 Å². The van der Waals surface area contributed by atoms with Crippen LogP contribution >= 0.6 is 0 Å². The monoisotopic (exact) mass is 478 g/mol. The van der Waals surface area contributed by atoms with Crippen LogP contribution in [0.3, 0.4) is 0 Å². The number of amides is 2. The second-order valence-electron chi connectivity index (χ2n) is 9.85. The second-order valence-corrected chi connectivity index (χ2v) is 9.85. The smallest absolute Gasteiger partial charge is 0.407 e. The summed E-state index contributed by atoms with van der Waals surface area (Å²) < 4.78 is 11.3. The summed E-state index contributed by atoms with van der Waals surface area (Å²) in [6, 6.07) is 15.4. The number of ether oxygens (including phenoxy) is 2. The van der Waals surface area contributed by atoms with Gasteiger partial charge in [0.15, 0.2) is 0 Å². The molecule has 35 heavy (non-hydrogen) atoms. The SMILES string of the molecule is CC1(C(=O)N2CCC[C@H]2CC(=O)O)COCC1NC(=O)OCC1c2ccccc2-c2ccccc21. The quantitative estimate of drug-likeness (QED) is 0.659. The molecule has 8 heteroatoms. The fourth-order valence-electron chi connectivity index (χ4n) is 5.71. The highest BCUT2D eigenvalue weighted by atomic mass is 16.5. The Labute approximate surface area is 204 Å². The minimum atomic E-state index is -0.979. The van der Waals surface area contributed by atoms with E-state index in [-0.39, 0.29) is 44.1 Å². The van der Waals surface area contributed by atoms with E-state index >= 15 is 0 Å². The molecule has 5 rings (SSSR count). The van der Waals surface area contributed by atoms with Gasteiger partial charge in [0, 0.05) is 18.5 Å². The van der Waals surface area contributed by atoms with Gasteiger partial charge in [-0.3, -0.25) is 9.59 Å². The standard InChI is InChI=1S/C27H30N2O6/c1-27(25(32)29-12-6-7-17(29)13-24(30)31)16-34-15-23(27)28-26(33)35-14-22-20-10-4-2-8-18(20)19-9-3-5-11-21(19)22/h2-5,8-11,17,22-23H,6-7,12-16H2,1H3,(H,28,33)(H,30,31)/t17-,23?,27?/m0/s1. The average Bonchev–Trinajstić information content (AvgIpc) is 3.54. The van der Waals surface area contributed by atoms with Crippen LogP contribution in [-0.2, 0) is 19.1 Å². The van der Waals surface area contributed by atoms with E-state index in [4.69, 9.17) is 9.47 Å². The number of carbonyl (C=O) groups excluding carboxylic acids is 2. The number of alkyl carbamates (subject to hydrolysis) is 1. The number of benzene rings is 2. The lowest BCUT2D eigenvalue weighted by molar-refractivity contribution is -0.145. The van der Waals surface area contributed by atoms with E-state index < -0.39 is 23.5 Å². The van der Waals surface area contributed by atoms with Gasteiger partial charge in [-0.15, -0.1) is 0 Å². The summed E-state index contributed by atoms with van der Waals surface area (Å²) >= 11 is 0. The van der Waals surface area contributed by atoms with E-state index in [0.717, 1.165) is 28.7 Å². The highest BCUT2D eigenvalue weighted by Gasteiger charge is 2.51. The van der Waals surface area contributed by atoms with E-state index in [0.29, 0.717) is 13.0 Å². The van der Waals surface area contributed by atoms with Crippen molar-refractivity contribution in [1.29, 1.82) is 0 Å². The summed E-state index contributed by atoms with van der Waals surface area (Å²) in [5, 5.41) is 12.1. The summed E-state index contributed by atoms with van der Waals surface area (Å²) in [5.41, 5.74) is 3.59. The minimum Gasteiger partial charge on any atom is -0.481 e. The molecule has 2 heterocycles. The predicted octanol–water partition coefficient (Wildman–Crippen LogP) is 3.40. The zero-order valence-electron chi connectivity index (χ0n) is 19.7. The number of nitrogens with zero attached hydrogens (tertiary/aromatic N) is 1. The maximum Gasteiger partial charge on any atom is 0.407 e. The fourth-order valence-corrected chi connectivity index (χ4v) is 5.71. The van der Waals surface area contributed by atoms with Crippen LogP contribution in [0.1, 0.15) is 43.2 Å². The number of aliphatic carboxylic acids is 1. The molecule has 2 unspecified atom stereocenters. The van der Waals surface area contributed by atoms with Crippen molar-refractivity contribution in [2.75, 3.05) is 26.4 Å². The Morgan fingerprint density at radius 2 is 1.77 bits per heavy atom. The largest absolute Gasteiger partial charge is 0.481 e. The van der Waals surface area contributed by atoms with Gasteiger partial charge in [-0.1, -0.05) is 48.5 Å². The number of likely N-dealkylation sites (tertiary alicyclic amines) is 1. The van der Waals surface area contributed by atoms with Crippen molar-refractivity contribution in [2.24, 2.45) is 5.41 Å². The number of rotatable bonds is 6. The molecule has 0 bridgehead atoms. The third-order valence-electron chi connectivity index (χ3n) is 7.63. The number of hydrogen-bond donors (Lipinski definition) is 2. The van der Waals surface area contributed by atoms with Gasteiger partial charge in [0.2, 0.25) is 5.91 Å². The number of carbonyl (C=O) groups is 3. The zero-order chi connectivity index (χ0) is 24.6. The lowest BCUT2D eigenvalue weighted by Crippen LogP contribution is -2.55. The maximum absolute atomic E-state index is 13.5. The second kappa shape index (κ2) is 9.34. The first-order valence-electron chi connectivity index (χ1n) is 12.1. The molecule has 2 fully saturated rings. The van der Waals surface area contributed by atoms with E-state index in [9.17, 15) is 19.5 Å². The number of nitrogens with one attached hydrogen (secondary N) is 1. The Morgan fingerprint density at radius 3 is 2.43 bits per heavy atom. The normalized spacial score (nSPS) is 25.2. The fraction of sp³-hybridized carbons (Fsp3) is 0.444. The van der Waals surface area contributed by atoms with Crippen molar-refractivity contribution in [2.45, 2.75) is 44.2 Å². The molecule has 2 aliphatic heterocycles. The molecule has 2 aromatic carbocycles. The molecule has 2 N–H and O–H groups in total. The van der Waals surface area contributed by atoms with Gasteiger partial charge in [-0.05, 0) is 42.0 Å². The summed E-state index contributed by atoms with van der Waals surface area (Å²) in [6.07, 6.45) is 0.766. The van der Waals surface area contributed by atoms with Crippen molar-refractivity contribution in [3.8, 4) is 11.1 Å². The Bertz CT molecular complexity index is 1100. The summed E-state index contributed by atoms with van der Waals surface area (Å²) in [7, 11) is 0. The molecular weight excluding hydrogens is 448 g/mol. The first-order chi connectivity index (χ1) is 16.9. The molecule has 3 aliphatic rings. The summed E-state index contributed by atoms with van der Waals surface area (Å²) in [4.78, 5) is 39.2. The van der Waals surface area contributed by atoms with Crippen LogP contribution in [0.2, 0.25) is 0 Å². The number of hydrogen-bond acceptors (Lipinski definition) is 5. The third kappa shape index (κ3) is 4.27. The lowest BCUT2D eigenvalue weighted by Gasteiger charge is -2.35. The van der Waals surface area contributed by atoms with Crippen LogP contribution in [0.4, 0.5) is 4.79 Å². The lowest BCUT2D eigenvalue weighted by atomic mass is 9.83. The average molecular weight is 479 g/mol. The molecule has 0 radical (unpaired) electrons. The van der Waals surface area contributed by atoms with Crippen LogP contribution in [0.15, 0.2) is 48.5 Å². The molecule has 3 atom stereocenters. The Balaban J connectivity index is 1.25. The van der Waals surface area contributed by atoms with E-state index in [1.807, 2.05) is 24.3 Å². The van der Waals surface area contributed by atoms with Crippen molar-refractivity contribution < 1.29 is 29.0 Å². The molecule has 8 nitrogen and oxygen atoms in total. The third-order valence-corrected chi connectivity index (χ3v) is 7.63. The molecule has 2 saturated heterocycles. The zero-order valence-corrected chi connectivity index (χ0v) is 19.7. The molecule has 184 valence electrons. The van der Waals surface area contributed by atoms with E-state index in [1.54, 1.807) is 11.8 Å².